The number of aryl methyl sites for hydroxylation is 1. The van der Waals surface area contributed by atoms with Gasteiger partial charge in [0.1, 0.15) is 0 Å². The summed E-state index contributed by atoms with van der Waals surface area (Å²) < 4.78 is 0. The second kappa shape index (κ2) is 6.13. The number of likely N-dealkylation sites (N-methyl/N-ethyl adjacent to an activating group) is 1. The van der Waals surface area contributed by atoms with Crippen molar-refractivity contribution in [3.8, 4) is 0 Å². The number of aliphatic hydroxyl groups is 1. The Labute approximate surface area is 131 Å². The highest BCUT2D eigenvalue weighted by Crippen LogP contribution is 2.30. The maximum Gasteiger partial charge on any atom is 0.222 e. The highest BCUT2D eigenvalue weighted by Gasteiger charge is 2.33. The number of carbonyl (C=O) groups is 1. The summed E-state index contributed by atoms with van der Waals surface area (Å²) >= 11 is 0. The van der Waals surface area contributed by atoms with Gasteiger partial charge in [0, 0.05) is 37.1 Å². The number of para-hydroxylation sites is 1. The van der Waals surface area contributed by atoms with Crippen molar-refractivity contribution in [3.63, 3.8) is 0 Å². The molecule has 3 rings (SSSR count). The van der Waals surface area contributed by atoms with Crippen LogP contribution >= 0.6 is 0 Å². The first kappa shape index (κ1) is 15.1. The number of aromatic nitrogens is 1. The highest BCUT2D eigenvalue weighted by molar-refractivity contribution is 5.84. The van der Waals surface area contributed by atoms with E-state index in [-0.39, 0.29) is 5.91 Å². The van der Waals surface area contributed by atoms with Gasteiger partial charge in [-0.25, -0.2) is 0 Å². The van der Waals surface area contributed by atoms with Gasteiger partial charge in [-0.15, -0.1) is 0 Å². The SMILES string of the molecule is CN(CC1(O)CCCC1)C(=O)CCc1c[nH]c2ccccc12. The molecule has 0 bridgehead atoms. The van der Waals surface area contributed by atoms with Crippen molar-refractivity contribution in [2.45, 2.75) is 44.1 Å². The van der Waals surface area contributed by atoms with Crippen LogP contribution in [0.4, 0.5) is 0 Å². The van der Waals surface area contributed by atoms with E-state index in [1.54, 1.807) is 11.9 Å². The zero-order valence-corrected chi connectivity index (χ0v) is 13.1. The second-order valence-electron chi connectivity index (χ2n) is 6.54. The largest absolute Gasteiger partial charge is 0.388 e. The smallest absolute Gasteiger partial charge is 0.222 e. The van der Waals surface area contributed by atoms with Gasteiger partial charge in [-0.3, -0.25) is 4.79 Å². The fourth-order valence-electron chi connectivity index (χ4n) is 3.49. The average molecular weight is 300 g/mol. The molecule has 1 heterocycles. The van der Waals surface area contributed by atoms with Gasteiger partial charge >= 0.3 is 0 Å². The molecule has 0 spiro atoms. The van der Waals surface area contributed by atoms with E-state index in [4.69, 9.17) is 0 Å². The van der Waals surface area contributed by atoms with Crippen LogP contribution in [0.1, 0.15) is 37.7 Å². The van der Waals surface area contributed by atoms with Crippen molar-refractivity contribution < 1.29 is 9.90 Å². The number of benzene rings is 1. The summed E-state index contributed by atoms with van der Waals surface area (Å²) in [4.78, 5) is 17.2. The zero-order chi connectivity index (χ0) is 15.6. The Balaban J connectivity index is 1.57. The van der Waals surface area contributed by atoms with E-state index in [1.165, 1.54) is 10.9 Å². The van der Waals surface area contributed by atoms with Gasteiger partial charge in [0.05, 0.1) is 5.60 Å². The molecule has 1 amide bonds. The minimum absolute atomic E-state index is 0.102. The molecule has 4 heteroatoms. The van der Waals surface area contributed by atoms with E-state index >= 15 is 0 Å². The van der Waals surface area contributed by atoms with Crippen LogP contribution in [0.25, 0.3) is 10.9 Å². The maximum atomic E-state index is 12.3. The summed E-state index contributed by atoms with van der Waals surface area (Å²) in [6, 6.07) is 8.14. The lowest BCUT2D eigenvalue weighted by Crippen LogP contribution is -2.42. The third-order valence-electron chi connectivity index (χ3n) is 4.77. The number of carbonyl (C=O) groups excluding carboxylic acids is 1. The third kappa shape index (κ3) is 3.17. The predicted octanol–water partition coefficient (Wildman–Crippen LogP) is 2.86. The monoisotopic (exact) mass is 300 g/mol. The third-order valence-corrected chi connectivity index (χ3v) is 4.77. The van der Waals surface area contributed by atoms with Crippen LogP contribution in [0.5, 0.6) is 0 Å². The van der Waals surface area contributed by atoms with Gasteiger partial charge in [0.15, 0.2) is 0 Å². The van der Waals surface area contributed by atoms with Gasteiger partial charge in [0.25, 0.3) is 0 Å². The average Bonchev–Trinajstić information content (AvgIpc) is 3.11. The highest BCUT2D eigenvalue weighted by atomic mass is 16.3. The molecule has 1 fully saturated rings. The van der Waals surface area contributed by atoms with Crippen molar-refractivity contribution in [3.05, 3.63) is 36.0 Å². The Bertz CT molecular complexity index is 656. The molecule has 2 N–H and O–H groups in total. The molecule has 22 heavy (non-hydrogen) atoms. The Morgan fingerprint density at radius 1 is 1.32 bits per heavy atom. The molecule has 118 valence electrons. The molecule has 1 aliphatic carbocycles. The molecule has 0 aliphatic heterocycles. The first-order valence-corrected chi connectivity index (χ1v) is 8.09. The summed E-state index contributed by atoms with van der Waals surface area (Å²) in [5.74, 6) is 0.102. The molecule has 0 atom stereocenters. The van der Waals surface area contributed by atoms with Crippen molar-refractivity contribution in [1.82, 2.24) is 9.88 Å². The topological polar surface area (TPSA) is 56.3 Å². The van der Waals surface area contributed by atoms with Crippen molar-refractivity contribution >= 4 is 16.8 Å². The van der Waals surface area contributed by atoms with E-state index in [0.717, 1.165) is 37.6 Å². The molecule has 4 nitrogen and oxygen atoms in total. The van der Waals surface area contributed by atoms with Gasteiger partial charge in [-0.2, -0.15) is 0 Å². The normalized spacial score (nSPS) is 17.0. The van der Waals surface area contributed by atoms with E-state index in [1.807, 2.05) is 24.4 Å². The van der Waals surface area contributed by atoms with Crippen LogP contribution in [0.2, 0.25) is 0 Å². The van der Waals surface area contributed by atoms with Crippen molar-refractivity contribution in [2.24, 2.45) is 0 Å². The van der Waals surface area contributed by atoms with Crippen molar-refractivity contribution in [2.75, 3.05) is 13.6 Å². The van der Waals surface area contributed by atoms with Crippen LogP contribution < -0.4 is 0 Å². The van der Waals surface area contributed by atoms with E-state index < -0.39 is 5.60 Å². The number of hydrogen-bond acceptors (Lipinski definition) is 2. The first-order chi connectivity index (χ1) is 10.6. The molecule has 0 saturated heterocycles. The van der Waals surface area contributed by atoms with Gasteiger partial charge in [-0.1, -0.05) is 31.0 Å². The lowest BCUT2D eigenvalue weighted by molar-refractivity contribution is -0.133. The fraction of sp³-hybridized carbons (Fsp3) is 0.500. The number of amides is 1. The van der Waals surface area contributed by atoms with Crippen molar-refractivity contribution in [1.29, 1.82) is 0 Å². The number of nitrogens with one attached hydrogen (secondary N) is 1. The number of H-pyrrole nitrogens is 1. The van der Waals surface area contributed by atoms with Crippen LogP contribution in [0.15, 0.2) is 30.5 Å². The summed E-state index contributed by atoms with van der Waals surface area (Å²) in [6.45, 7) is 0.458. The minimum atomic E-state index is -0.662. The van der Waals surface area contributed by atoms with Crippen LogP contribution in [0, 0.1) is 0 Å². The lowest BCUT2D eigenvalue weighted by Gasteiger charge is -2.28. The molecular weight excluding hydrogens is 276 g/mol. The number of rotatable bonds is 5. The molecule has 1 aliphatic rings. The maximum absolute atomic E-state index is 12.3. The van der Waals surface area contributed by atoms with Crippen LogP contribution in [-0.2, 0) is 11.2 Å². The predicted molar refractivity (Wildman–Crippen MR) is 87.7 cm³/mol. The summed E-state index contributed by atoms with van der Waals surface area (Å²) in [6.07, 6.45) is 6.95. The molecule has 2 aromatic rings. The minimum Gasteiger partial charge on any atom is -0.388 e. The molecule has 1 saturated carbocycles. The summed E-state index contributed by atoms with van der Waals surface area (Å²) in [7, 11) is 1.80. The molecule has 1 aromatic carbocycles. The van der Waals surface area contributed by atoms with Gasteiger partial charge in [0.2, 0.25) is 5.91 Å². The fourth-order valence-corrected chi connectivity index (χ4v) is 3.49. The number of fused-ring (bicyclic) bond motifs is 1. The van der Waals surface area contributed by atoms with Gasteiger partial charge in [-0.05, 0) is 30.9 Å². The standard InChI is InChI=1S/C18H24N2O2/c1-20(13-18(22)10-4-5-11-18)17(21)9-8-14-12-19-16-7-3-2-6-15(14)16/h2-3,6-7,12,19,22H,4-5,8-11,13H2,1H3. The number of aromatic amines is 1. The molecule has 0 radical (unpaired) electrons. The van der Waals surface area contributed by atoms with E-state index in [0.29, 0.717) is 13.0 Å². The summed E-state index contributed by atoms with van der Waals surface area (Å²) in [5.41, 5.74) is 1.63. The van der Waals surface area contributed by atoms with Crippen LogP contribution in [0.3, 0.4) is 0 Å². The zero-order valence-electron chi connectivity index (χ0n) is 13.1. The Morgan fingerprint density at radius 2 is 2.05 bits per heavy atom. The number of nitrogens with zero attached hydrogens (tertiary/aromatic N) is 1. The quantitative estimate of drug-likeness (QED) is 0.892. The molecule has 0 unspecified atom stereocenters. The Morgan fingerprint density at radius 3 is 2.82 bits per heavy atom. The van der Waals surface area contributed by atoms with Gasteiger partial charge < -0.3 is 15.0 Å². The van der Waals surface area contributed by atoms with E-state index in [9.17, 15) is 9.90 Å². The Kier molecular flexibility index (Phi) is 4.21. The number of hydrogen-bond donors (Lipinski definition) is 2. The Hall–Kier alpha value is -1.81. The summed E-state index contributed by atoms with van der Waals surface area (Å²) in [5, 5.41) is 11.6. The molecule has 1 aromatic heterocycles. The van der Waals surface area contributed by atoms with E-state index in [2.05, 4.69) is 11.1 Å². The second-order valence-corrected chi connectivity index (χ2v) is 6.54. The lowest BCUT2D eigenvalue weighted by atomic mass is 10.0. The first-order valence-electron chi connectivity index (χ1n) is 8.09. The van der Waals surface area contributed by atoms with Crippen LogP contribution in [-0.4, -0.2) is 40.1 Å². The molecular formula is C18H24N2O2.